The summed E-state index contributed by atoms with van der Waals surface area (Å²) in [7, 11) is 0. The first kappa shape index (κ1) is 14.8. The van der Waals surface area contributed by atoms with E-state index < -0.39 is 0 Å². The quantitative estimate of drug-likeness (QED) is 0.787. The Morgan fingerprint density at radius 3 is 2.79 bits per heavy atom. The summed E-state index contributed by atoms with van der Waals surface area (Å²) in [5, 5.41) is 3.59. The summed E-state index contributed by atoms with van der Waals surface area (Å²) in [4.78, 5) is 1.38. The Bertz CT molecular complexity index is 521. The zero-order chi connectivity index (χ0) is 13.7. The van der Waals surface area contributed by atoms with E-state index in [-0.39, 0.29) is 0 Å². The fourth-order valence-electron chi connectivity index (χ4n) is 2.07. The van der Waals surface area contributed by atoms with Gasteiger partial charge in [-0.05, 0) is 60.3 Å². The van der Waals surface area contributed by atoms with Gasteiger partial charge in [0.05, 0.1) is 3.79 Å². The molecule has 0 bridgehead atoms. The van der Waals surface area contributed by atoms with Crippen LogP contribution in [0.4, 0.5) is 0 Å². The lowest BCUT2D eigenvalue weighted by Gasteiger charge is -2.13. The zero-order valence-corrected chi connectivity index (χ0v) is 13.9. The van der Waals surface area contributed by atoms with Gasteiger partial charge in [-0.3, -0.25) is 0 Å². The number of thiophene rings is 1. The Morgan fingerprint density at radius 1 is 1.26 bits per heavy atom. The van der Waals surface area contributed by atoms with Crippen molar-refractivity contribution in [2.75, 3.05) is 0 Å². The molecule has 2 aromatic rings. The molecular weight excluding hydrogens is 318 g/mol. The number of benzene rings is 1. The van der Waals surface area contributed by atoms with E-state index in [1.54, 1.807) is 11.3 Å². The van der Waals surface area contributed by atoms with Gasteiger partial charge in [-0.25, -0.2) is 0 Å². The van der Waals surface area contributed by atoms with E-state index in [9.17, 15) is 0 Å². The number of nitrogens with one attached hydrogen (secondary N) is 1. The van der Waals surface area contributed by atoms with Crippen molar-refractivity contribution < 1.29 is 0 Å². The third-order valence-electron chi connectivity index (χ3n) is 3.20. The van der Waals surface area contributed by atoms with Crippen LogP contribution in [0.5, 0.6) is 0 Å². The first-order chi connectivity index (χ1) is 9.13. The van der Waals surface area contributed by atoms with E-state index in [0.29, 0.717) is 6.04 Å². The maximum Gasteiger partial charge on any atom is 0.0701 e. The number of hydrogen-bond acceptors (Lipinski definition) is 2. The van der Waals surface area contributed by atoms with Gasteiger partial charge in [-0.2, -0.15) is 0 Å². The molecule has 0 fully saturated rings. The van der Waals surface area contributed by atoms with Crippen LogP contribution in [0.2, 0.25) is 0 Å². The molecule has 19 heavy (non-hydrogen) atoms. The average molecular weight is 338 g/mol. The maximum atomic E-state index is 3.59. The molecule has 0 amide bonds. The summed E-state index contributed by atoms with van der Waals surface area (Å²) in [6.07, 6.45) is 2.32. The van der Waals surface area contributed by atoms with Crippen LogP contribution in [0.1, 0.15) is 29.3 Å². The van der Waals surface area contributed by atoms with Crippen molar-refractivity contribution in [1.29, 1.82) is 0 Å². The Hall–Kier alpha value is -0.640. The lowest BCUT2D eigenvalue weighted by molar-refractivity contribution is 0.516. The van der Waals surface area contributed by atoms with E-state index in [0.717, 1.165) is 13.0 Å². The summed E-state index contributed by atoms with van der Waals surface area (Å²) in [5.41, 5.74) is 2.79. The van der Waals surface area contributed by atoms with Crippen molar-refractivity contribution in [2.45, 2.75) is 39.3 Å². The van der Waals surface area contributed by atoms with Gasteiger partial charge in [-0.1, -0.05) is 29.8 Å². The van der Waals surface area contributed by atoms with Crippen molar-refractivity contribution in [2.24, 2.45) is 0 Å². The van der Waals surface area contributed by atoms with Crippen LogP contribution in [0.25, 0.3) is 0 Å². The molecule has 0 aliphatic heterocycles. The minimum absolute atomic E-state index is 0.543. The number of rotatable bonds is 6. The maximum absolute atomic E-state index is 3.59. The van der Waals surface area contributed by atoms with Gasteiger partial charge in [0.2, 0.25) is 0 Å². The van der Waals surface area contributed by atoms with Crippen LogP contribution < -0.4 is 5.32 Å². The van der Waals surface area contributed by atoms with Crippen molar-refractivity contribution in [3.8, 4) is 0 Å². The average Bonchev–Trinajstić information content (AvgIpc) is 2.80. The Balaban J connectivity index is 1.74. The van der Waals surface area contributed by atoms with Crippen LogP contribution in [0.15, 0.2) is 40.2 Å². The Kier molecular flexibility index (Phi) is 5.61. The van der Waals surface area contributed by atoms with Gasteiger partial charge < -0.3 is 5.32 Å². The molecule has 1 N–H and O–H groups in total. The third kappa shape index (κ3) is 5.09. The topological polar surface area (TPSA) is 12.0 Å². The van der Waals surface area contributed by atoms with Gasteiger partial charge in [0.15, 0.2) is 0 Å². The number of hydrogen-bond donors (Lipinski definition) is 1. The lowest BCUT2D eigenvalue weighted by atomic mass is 10.0. The van der Waals surface area contributed by atoms with E-state index in [1.165, 1.54) is 26.2 Å². The van der Waals surface area contributed by atoms with Gasteiger partial charge in [0, 0.05) is 17.5 Å². The Labute approximate surface area is 128 Å². The fraction of sp³-hybridized carbons (Fsp3) is 0.375. The third-order valence-corrected chi connectivity index (χ3v) is 4.83. The highest BCUT2D eigenvalue weighted by molar-refractivity contribution is 9.11. The van der Waals surface area contributed by atoms with Crippen LogP contribution in [-0.2, 0) is 13.0 Å². The molecule has 102 valence electrons. The molecule has 0 aliphatic rings. The summed E-state index contributed by atoms with van der Waals surface area (Å²) in [6, 6.07) is 13.6. The van der Waals surface area contributed by atoms with Gasteiger partial charge in [0.1, 0.15) is 0 Å². The molecule has 1 aromatic carbocycles. The van der Waals surface area contributed by atoms with E-state index >= 15 is 0 Å². The molecule has 2 rings (SSSR count). The van der Waals surface area contributed by atoms with Gasteiger partial charge in [-0.15, -0.1) is 11.3 Å². The minimum Gasteiger partial charge on any atom is -0.309 e. The lowest BCUT2D eigenvalue weighted by Crippen LogP contribution is -2.25. The summed E-state index contributed by atoms with van der Waals surface area (Å²) >= 11 is 5.30. The molecule has 0 radical (unpaired) electrons. The van der Waals surface area contributed by atoms with Crippen LogP contribution in [0.3, 0.4) is 0 Å². The predicted octanol–water partition coefficient (Wildman–Crippen LogP) is 4.93. The van der Waals surface area contributed by atoms with Crippen LogP contribution >= 0.6 is 27.3 Å². The normalized spacial score (nSPS) is 12.6. The van der Waals surface area contributed by atoms with Crippen molar-refractivity contribution in [3.63, 3.8) is 0 Å². The molecule has 1 aromatic heterocycles. The first-order valence-corrected chi connectivity index (χ1v) is 8.27. The molecule has 1 heterocycles. The Morgan fingerprint density at radius 2 is 2.11 bits per heavy atom. The highest BCUT2D eigenvalue weighted by Gasteiger charge is 2.04. The molecule has 0 spiro atoms. The number of aryl methyl sites for hydroxylation is 2. The molecule has 1 unspecified atom stereocenters. The van der Waals surface area contributed by atoms with E-state index in [1.807, 2.05) is 0 Å². The molecule has 3 heteroatoms. The molecule has 0 aliphatic carbocycles. The van der Waals surface area contributed by atoms with Crippen molar-refractivity contribution >= 4 is 27.3 Å². The standard InChI is InChI=1S/C16H20BrNS/c1-12-4-3-5-14(10-12)7-6-13(2)18-11-15-8-9-16(17)19-15/h3-5,8-10,13,18H,6-7,11H2,1-2H3. The van der Waals surface area contributed by atoms with Crippen LogP contribution in [-0.4, -0.2) is 6.04 Å². The second kappa shape index (κ2) is 7.22. The fourth-order valence-corrected chi connectivity index (χ4v) is 3.51. The first-order valence-electron chi connectivity index (χ1n) is 6.66. The van der Waals surface area contributed by atoms with Crippen molar-refractivity contribution in [3.05, 3.63) is 56.2 Å². The van der Waals surface area contributed by atoms with Crippen LogP contribution in [0, 0.1) is 6.92 Å². The van der Waals surface area contributed by atoms with E-state index in [4.69, 9.17) is 0 Å². The molecular formula is C16H20BrNS. The zero-order valence-electron chi connectivity index (χ0n) is 11.4. The predicted molar refractivity (Wildman–Crippen MR) is 87.8 cm³/mol. The largest absolute Gasteiger partial charge is 0.309 e. The summed E-state index contributed by atoms with van der Waals surface area (Å²) < 4.78 is 1.21. The highest BCUT2D eigenvalue weighted by Crippen LogP contribution is 2.21. The van der Waals surface area contributed by atoms with E-state index in [2.05, 4.69) is 71.5 Å². The summed E-state index contributed by atoms with van der Waals surface area (Å²) in [5.74, 6) is 0. The molecule has 0 saturated heterocycles. The van der Waals surface area contributed by atoms with Gasteiger partial charge >= 0.3 is 0 Å². The molecule has 0 saturated carbocycles. The second-order valence-electron chi connectivity index (χ2n) is 5.02. The summed E-state index contributed by atoms with van der Waals surface area (Å²) in [6.45, 7) is 5.38. The highest BCUT2D eigenvalue weighted by atomic mass is 79.9. The smallest absolute Gasteiger partial charge is 0.0701 e. The van der Waals surface area contributed by atoms with Crippen molar-refractivity contribution in [1.82, 2.24) is 5.32 Å². The monoisotopic (exact) mass is 337 g/mol. The second-order valence-corrected chi connectivity index (χ2v) is 7.56. The number of halogens is 1. The van der Waals surface area contributed by atoms with Gasteiger partial charge in [0.25, 0.3) is 0 Å². The molecule has 1 atom stereocenters. The SMILES string of the molecule is Cc1cccc(CCC(C)NCc2ccc(Br)s2)c1. The minimum atomic E-state index is 0.543. The molecule has 1 nitrogen and oxygen atoms in total.